The first-order valence-corrected chi connectivity index (χ1v) is 13.2. The van der Waals surface area contributed by atoms with E-state index < -0.39 is 6.10 Å². The molecule has 0 bridgehead atoms. The summed E-state index contributed by atoms with van der Waals surface area (Å²) in [7, 11) is 5.28. The highest BCUT2D eigenvalue weighted by Crippen LogP contribution is 2.29. The molecule has 2 atom stereocenters. The predicted octanol–water partition coefficient (Wildman–Crippen LogP) is 1.99. The Morgan fingerprint density at radius 3 is 2.76 bits per heavy atom. The molecule has 11 heteroatoms. The first-order valence-electron chi connectivity index (χ1n) is 13.2. The number of benzene rings is 1. The third-order valence-corrected chi connectivity index (χ3v) is 7.13. The molecule has 2 aliphatic rings. The lowest BCUT2D eigenvalue weighted by Crippen LogP contribution is -2.54. The monoisotopic (exact) mass is 528 g/mol. The Balaban J connectivity index is 1.62. The standard InChI is InChI=1S/C27H40N6O5/c1-19-17-32(10-11-33(19)27(35)36-4)25-15-24(31(3)21-8-12-37-13-9-21)29-26(30-25)20-6-5-7-23(14-20)38-18-22(34)16-28-2/h5-7,14-15,19,21-22,28,34H,8-13,16-18H2,1-4H3/t19-,22?/m0/s1. The maximum absolute atomic E-state index is 12.2. The Bertz CT molecular complexity index is 1070. The Morgan fingerprint density at radius 2 is 2.05 bits per heavy atom. The highest BCUT2D eigenvalue weighted by molar-refractivity contribution is 5.69. The molecule has 0 spiro atoms. The maximum atomic E-state index is 12.2. The predicted molar refractivity (Wildman–Crippen MR) is 146 cm³/mol. The smallest absolute Gasteiger partial charge is 0.409 e. The van der Waals surface area contributed by atoms with Crippen molar-refractivity contribution >= 4 is 17.7 Å². The minimum atomic E-state index is -0.603. The summed E-state index contributed by atoms with van der Waals surface area (Å²) in [5.74, 6) is 2.90. The summed E-state index contributed by atoms with van der Waals surface area (Å²) in [5, 5.41) is 13.0. The van der Waals surface area contributed by atoms with Crippen LogP contribution in [0.5, 0.6) is 5.75 Å². The van der Waals surface area contributed by atoms with Gasteiger partial charge in [-0.15, -0.1) is 0 Å². The van der Waals surface area contributed by atoms with Crippen molar-refractivity contribution < 1.29 is 24.1 Å². The van der Waals surface area contributed by atoms with Crippen LogP contribution in [-0.2, 0) is 9.47 Å². The van der Waals surface area contributed by atoms with Gasteiger partial charge in [-0.25, -0.2) is 14.8 Å². The van der Waals surface area contributed by atoms with Crippen LogP contribution in [0.4, 0.5) is 16.4 Å². The number of hydrogen-bond donors (Lipinski definition) is 2. The lowest BCUT2D eigenvalue weighted by molar-refractivity contribution is 0.0853. The molecule has 3 heterocycles. The Morgan fingerprint density at radius 1 is 1.26 bits per heavy atom. The highest BCUT2D eigenvalue weighted by Gasteiger charge is 2.30. The number of rotatable bonds is 9. The minimum absolute atomic E-state index is 0.0212. The second-order valence-corrected chi connectivity index (χ2v) is 9.87. The number of hydrogen-bond acceptors (Lipinski definition) is 10. The fourth-order valence-corrected chi connectivity index (χ4v) is 4.92. The molecule has 1 aromatic heterocycles. The first kappa shape index (κ1) is 27.9. The van der Waals surface area contributed by atoms with Gasteiger partial charge in [0.15, 0.2) is 5.82 Å². The molecule has 0 aliphatic carbocycles. The topological polar surface area (TPSA) is 113 Å². The number of aliphatic hydroxyl groups is 1. The normalized spacial score (nSPS) is 19.2. The fraction of sp³-hybridized carbons (Fsp3) is 0.593. The van der Waals surface area contributed by atoms with Gasteiger partial charge < -0.3 is 39.3 Å². The number of carbonyl (C=O) groups is 1. The average molecular weight is 529 g/mol. The minimum Gasteiger partial charge on any atom is -0.491 e. The van der Waals surface area contributed by atoms with Gasteiger partial charge in [-0.3, -0.25) is 0 Å². The van der Waals surface area contributed by atoms with Crippen molar-refractivity contribution in [2.45, 2.75) is 38.0 Å². The van der Waals surface area contributed by atoms with Gasteiger partial charge in [0.25, 0.3) is 0 Å². The first-order chi connectivity index (χ1) is 18.4. The number of aliphatic hydroxyl groups excluding tert-OH is 1. The van der Waals surface area contributed by atoms with Crippen molar-refractivity contribution in [1.82, 2.24) is 20.2 Å². The van der Waals surface area contributed by atoms with Crippen molar-refractivity contribution in [2.75, 3.05) is 77.0 Å². The molecule has 2 saturated heterocycles. The van der Waals surface area contributed by atoms with Gasteiger partial charge in [0.1, 0.15) is 30.1 Å². The van der Waals surface area contributed by atoms with Crippen LogP contribution in [0.3, 0.4) is 0 Å². The van der Waals surface area contributed by atoms with E-state index in [9.17, 15) is 9.90 Å². The number of likely N-dealkylation sites (N-methyl/N-ethyl adjacent to an activating group) is 1. The lowest BCUT2D eigenvalue weighted by Gasteiger charge is -2.40. The number of aromatic nitrogens is 2. The molecular weight excluding hydrogens is 488 g/mol. The number of amides is 1. The van der Waals surface area contributed by atoms with Crippen LogP contribution in [0, 0.1) is 0 Å². The summed E-state index contributed by atoms with van der Waals surface area (Å²) >= 11 is 0. The molecule has 38 heavy (non-hydrogen) atoms. The lowest BCUT2D eigenvalue weighted by atomic mass is 10.1. The number of carbonyl (C=O) groups excluding carboxylic acids is 1. The van der Waals surface area contributed by atoms with Gasteiger partial charge in [-0.2, -0.15) is 0 Å². The van der Waals surface area contributed by atoms with Crippen LogP contribution in [0.25, 0.3) is 11.4 Å². The summed E-state index contributed by atoms with van der Waals surface area (Å²) in [6.07, 6.45) is 0.974. The summed E-state index contributed by atoms with van der Waals surface area (Å²) < 4.78 is 16.4. The molecule has 2 fully saturated rings. The van der Waals surface area contributed by atoms with E-state index in [1.807, 2.05) is 37.3 Å². The number of piperazine rings is 1. The molecule has 1 amide bonds. The zero-order chi connectivity index (χ0) is 27.1. The van der Waals surface area contributed by atoms with Crippen molar-refractivity contribution in [3.63, 3.8) is 0 Å². The summed E-state index contributed by atoms with van der Waals surface area (Å²) in [4.78, 5) is 28.2. The van der Waals surface area contributed by atoms with Crippen LogP contribution in [0.15, 0.2) is 30.3 Å². The molecule has 2 aromatic rings. The second kappa shape index (κ2) is 13.1. The van der Waals surface area contributed by atoms with E-state index in [0.29, 0.717) is 43.8 Å². The van der Waals surface area contributed by atoms with Gasteiger partial charge in [0.05, 0.1) is 7.11 Å². The van der Waals surface area contributed by atoms with Gasteiger partial charge in [-0.05, 0) is 38.9 Å². The SMILES string of the molecule is CNCC(O)COc1cccc(-c2nc(N3CCN(C(=O)OC)[C@@H](C)C3)cc(N(C)C3CCOCC3)n2)c1. The van der Waals surface area contributed by atoms with Gasteiger partial charge in [-0.1, -0.05) is 12.1 Å². The van der Waals surface area contributed by atoms with Gasteiger partial charge in [0, 0.05) is 70.2 Å². The number of methoxy groups -OCH3 is 1. The molecule has 1 aromatic carbocycles. The maximum Gasteiger partial charge on any atom is 0.409 e. The van der Waals surface area contributed by atoms with Gasteiger partial charge in [0.2, 0.25) is 0 Å². The van der Waals surface area contributed by atoms with Gasteiger partial charge >= 0.3 is 6.09 Å². The third-order valence-electron chi connectivity index (χ3n) is 7.13. The third kappa shape index (κ3) is 6.83. The highest BCUT2D eigenvalue weighted by atomic mass is 16.5. The second-order valence-electron chi connectivity index (χ2n) is 9.87. The van der Waals surface area contributed by atoms with E-state index in [4.69, 9.17) is 24.2 Å². The molecule has 0 saturated carbocycles. The number of ether oxygens (including phenoxy) is 3. The molecule has 11 nitrogen and oxygen atoms in total. The summed E-state index contributed by atoms with van der Waals surface area (Å²) in [6.45, 7) is 5.97. The number of nitrogens with zero attached hydrogens (tertiary/aromatic N) is 5. The zero-order valence-electron chi connectivity index (χ0n) is 22.8. The van der Waals surface area contributed by atoms with Crippen molar-refractivity contribution in [3.05, 3.63) is 30.3 Å². The molecule has 0 radical (unpaired) electrons. The van der Waals surface area contributed by atoms with Crippen molar-refractivity contribution in [2.24, 2.45) is 0 Å². The Kier molecular flexibility index (Phi) is 9.59. The van der Waals surface area contributed by atoms with Crippen LogP contribution in [-0.4, -0.2) is 111 Å². The van der Waals surface area contributed by atoms with E-state index in [0.717, 1.165) is 43.3 Å². The molecule has 1 unspecified atom stereocenters. The fourth-order valence-electron chi connectivity index (χ4n) is 4.92. The van der Waals surface area contributed by atoms with Crippen molar-refractivity contribution in [1.29, 1.82) is 0 Å². The molecular formula is C27H40N6O5. The molecule has 208 valence electrons. The summed E-state index contributed by atoms with van der Waals surface area (Å²) in [5.41, 5.74) is 0.829. The van der Waals surface area contributed by atoms with Crippen LogP contribution < -0.4 is 19.9 Å². The number of anilines is 2. The van der Waals surface area contributed by atoms with Crippen LogP contribution in [0.1, 0.15) is 19.8 Å². The number of nitrogens with one attached hydrogen (secondary N) is 1. The Hall–Kier alpha value is -3.15. The zero-order valence-corrected chi connectivity index (χ0v) is 22.8. The van der Waals surface area contributed by atoms with E-state index in [2.05, 4.69) is 22.2 Å². The molecule has 2 aliphatic heterocycles. The summed E-state index contributed by atoms with van der Waals surface area (Å²) in [6, 6.07) is 9.98. The van der Waals surface area contributed by atoms with Crippen molar-refractivity contribution in [3.8, 4) is 17.1 Å². The van der Waals surface area contributed by atoms with E-state index in [1.54, 1.807) is 11.9 Å². The molecule has 4 rings (SSSR count). The molecule has 2 N–H and O–H groups in total. The average Bonchev–Trinajstić information content (AvgIpc) is 2.95. The van der Waals surface area contributed by atoms with Crippen LogP contribution >= 0.6 is 0 Å². The van der Waals surface area contributed by atoms with E-state index in [1.165, 1.54) is 7.11 Å². The van der Waals surface area contributed by atoms with E-state index in [-0.39, 0.29) is 18.7 Å². The van der Waals surface area contributed by atoms with Crippen LogP contribution in [0.2, 0.25) is 0 Å². The quantitative estimate of drug-likeness (QED) is 0.501. The largest absolute Gasteiger partial charge is 0.491 e. The van der Waals surface area contributed by atoms with E-state index >= 15 is 0 Å². The Labute approximate surface area is 224 Å².